The van der Waals surface area contributed by atoms with Gasteiger partial charge in [0.25, 0.3) is 0 Å². The molecule has 0 saturated carbocycles. The zero-order valence-corrected chi connectivity index (χ0v) is 13.0. The predicted molar refractivity (Wildman–Crippen MR) is 87.2 cm³/mol. The summed E-state index contributed by atoms with van der Waals surface area (Å²) in [5.41, 5.74) is 9.63. The van der Waals surface area contributed by atoms with Gasteiger partial charge in [-0.15, -0.1) is 0 Å². The third kappa shape index (κ3) is 2.66. The van der Waals surface area contributed by atoms with E-state index in [1.807, 2.05) is 18.2 Å². The number of para-hydroxylation sites is 1. The fourth-order valence-electron chi connectivity index (χ4n) is 3.15. The molecule has 1 heterocycles. The molecule has 0 fully saturated rings. The Kier molecular flexibility index (Phi) is 3.92. The monoisotopic (exact) mass is 301 g/mol. The number of rotatable bonds is 3. The normalized spacial score (nSPS) is 20.7. The van der Waals surface area contributed by atoms with Gasteiger partial charge in [0.15, 0.2) is 0 Å². The smallest absolute Gasteiger partial charge is 0.123 e. The van der Waals surface area contributed by atoms with Crippen LogP contribution in [0.4, 0.5) is 0 Å². The van der Waals surface area contributed by atoms with Crippen molar-refractivity contribution in [1.29, 1.82) is 0 Å². The van der Waals surface area contributed by atoms with Gasteiger partial charge in [-0.1, -0.05) is 41.9 Å². The predicted octanol–water partition coefficient (Wildman–Crippen LogP) is 3.87. The van der Waals surface area contributed by atoms with Crippen LogP contribution in [-0.2, 0) is 11.8 Å². The number of halogens is 1. The third-order valence-electron chi connectivity index (χ3n) is 4.42. The lowest BCUT2D eigenvalue weighted by Crippen LogP contribution is -2.41. The van der Waals surface area contributed by atoms with Gasteiger partial charge >= 0.3 is 0 Å². The molecule has 1 unspecified atom stereocenters. The maximum absolute atomic E-state index is 6.42. The van der Waals surface area contributed by atoms with E-state index in [2.05, 4.69) is 31.2 Å². The zero-order valence-electron chi connectivity index (χ0n) is 12.2. The molecule has 3 rings (SSSR count). The van der Waals surface area contributed by atoms with Crippen molar-refractivity contribution in [3.63, 3.8) is 0 Å². The Morgan fingerprint density at radius 3 is 2.81 bits per heavy atom. The van der Waals surface area contributed by atoms with Crippen molar-refractivity contribution in [2.45, 2.75) is 25.2 Å². The summed E-state index contributed by atoms with van der Waals surface area (Å²) >= 11 is 6.42. The minimum atomic E-state index is -0.0895. The number of nitrogens with two attached hydrogens (primary N) is 1. The van der Waals surface area contributed by atoms with Crippen molar-refractivity contribution in [1.82, 2.24) is 0 Å². The van der Waals surface area contributed by atoms with E-state index in [1.165, 1.54) is 11.1 Å². The molecule has 3 heteroatoms. The Morgan fingerprint density at radius 2 is 2.05 bits per heavy atom. The molecule has 0 bridgehead atoms. The molecule has 1 aliphatic rings. The maximum Gasteiger partial charge on any atom is 0.123 e. The van der Waals surface area contributed by atoms with Crippen molar-refractivity contribution in [3.05, 3.63) is 64.2 Å². The number of aryl methyl sites for hydroxylation is 1. The van der Waals surface area contributed by atoms with Gasteiger partial charge in [0.2, 0.25) is 0 Å². The fraction of sp³-hybridized carbons (Fsp3) is 0.333. The van der Waals surface area contributed by atoms with E-state index in [1.54, 1.807) is 0 Å². The Morgan fingerprint density at radius 1 is 1.24 bits per heavy atom. The van der Waals surface area contributed by atoms with E-state index < -0.39 is 0 Å². The van der Waals surface area contributed by atoms with Gasteiger partial charge in [0.1, 0.15) is 5.75 Å². The summed E-state index contributed by atoms with van der Waals surface area (Å²) < 4.78 is 5.78. The van der Waals surface area contributed by atoms with E-state index in [9.17, 15) is 0 Å². The average Bonchev–Trinajstić information content (AvgIpc) is 2.50. The molecule has 2 nitrogen and oxygen atoms in total. The Labute approximate surface area is 130 Å². The fourth-order valence-corrected chi connectivity index (χ4v) is 3.45. The maximum atomic E-state index is 6.42. The molecule has 0 spiro atoms. The number of ether oxygens (including phenoxy) is 1. The van der Waals surface area contributed by atoms with Crippen LogP contribution < -0.4 is 10.5 Å². The van der Waals surface area contributed by atoms with Crippen molar-refractivity contribution >= 4 is 11.6 Å². The Hall–Kier alpha value is -1.51. The summed E-state index contributed by atoms with van der Waals surface area (Å²) in [6, 6.07) is 14.5. The summed E-state index contributed by atoms with van der Waals surface area (Å²) in [6.07, 6.45) is 1.77. The van der Waals surface area contributed by atoms with Crippen LogP contribution in [0, 0.1) is 6.92 Å². The first kappa shape index (κ1) is 14.4. The molecule has 1 atom stereocenters. The van der Waals surface area contributed by atoms with Gasteiger partial charge in [0.05, 0.1) is 6.61 Å². The van der Waals surface area contributed by atoms with Crippen LogP contribution in [0.3, 0.4) is 0 Å². The highest BCUT2D eigenvalue weighted by molar-refractivity contribution is 6.31. The minimum absolute atomic E-state index is 0.0895. The summed E-state index contributed by atoms with van der Waals surface area (Å²) in [7, 11) is 0. The van der Waals surface area contributed by atoms with Gasteiger partial charge in [-0.2, -0.15) is 0 Å². The second-order valence-electron chi connectivity index (χ2n) is 5.85. The van der Waals surface area contributed by atoms with Crippen molar-refractivity contribution in [3.8, 4) is 5.75 Å². The van der Waals surface area contributed by atoms with Gasteiger partial charge in [-0.25, -0.2) is 0 Å². The summed E-state index contributed by atoms with van der Waals surface area (Å²) in [4.78, 5) is 0. The van der Waals surface area contributed by atoms with Crippen LogP contribution in [-0.4, -0.2) is 13.2 Å². The van der Waals surface area contributed by atoms with Crippen LogP contribution in [0.2, 0.25) is 5.02 Å². The van der Waals surface area contributed by atoms with E-state index >= 15 is 0 Å². The molecule has 0 radical (unpaired) electrons. The van der Waals surface area contributed by atoms with Gasteiger partial charge in [-0.3, -0.25) is 0 Å². The van der Waals surface area contributed by atoms with Gasteiger partial charge in [0, 0.05) is 22.5 Å². The van der Waals surface area contributed by atoms with Crippen LogP contribution in [0.5, 0.6) is 5.75 Å². The van der Waals surface area contributed by atoms with Crippen molar-refractivity contribution in [2.24, 2.45) is 5.73 Å². The van der Waals surface area contributed by atoms with E-state index in [4.69, 9.17) is 22.1 Å². The second-order valence-corrected chi connectivity index (χ2v) is 6.26. The number of hydrogen-bond acceptors (Lipinski definition) is 2. The lowest BCUT2D eigenvalue weighted by Gasteiger charge is -2.38. The number of benzene rings is 2. The molecule has 2 N–H and O–H groups in total. The Balaban J connectivity index is 2.02. The zero-order chi connectivity index (χ0) is 14.9. The van der Waals surface area contributed by atoms with Crippen LogP contribution >= 0.6 is 11.6 Å². The molecular formula is C18H20ClNO. The van der Waals surface area contributed by atoms with Crippen LogP contribution in [0.1, 0.15) is 23.1 Å². The topological polar surface area (TPSA) is 35.2 Å². The van der Waals surface area contributed by atoms with Crippen molar-refractivity contribution in [2.75, 3.05) is 13.2 Å². The highest BCUT2D eigenvalue weighted by atomic mass is 35.5. The number of hydrogen-bond donors (Lipinski definition) is 1. The minimum Gasteiger partial charge on any atom is -0.493 e. The lowest BCUT2D eigenvalue weighted by molar-refractivity contribution is 0.215. The van der Waals surface area contributed by atoms with E-state index in [-0.39, 0.29) is 5.41 Å². The quantitative estimate of drug-likeness (QED) is 0.934. The van der Waals surface area contributed by atoms with Crippen LogP contribution in [0.15, 0.2) is 42.5 Å². The Bertz CT molecular complexity index is 655. The molecule has 1 aliphatic heterocycles. The first-order valence-electron chi connectivity index (χ1n) is 7.32. The summed E-state index contributed by atoms with van der Waals surface area (Å²) in [5, 5.41) is 0.826. The summed E-state index contributed by atoms with van der Waals surface area (Å²) in [5.74, 6) is 0.956. The largest absolute Gasteiger partial charge is 0.493 e. The highest BCUT2D eigenvalue weighted by Crippen LogP contribution is 2.41. The van der Waals surface area contributed by atoms with E-state index in [0.717, 1.165) is 29.2 Å². The summed E-state index contributed by atoms with van der Waals surface area (Å²) in [6.45, 7) is 3.35. The van der Waals surface area contributed by atoms with Crippen molar-refractivity contribution < 1.29 is 4.74 Å². The van der Waals surface area contributed by atoms with E-state index in [0.29, 0.717) is 13.2 Å². The third-order valence-corrected chi connectivity index (χ3v) is 4.78. The molecule has 2 aromatic carbocycles. The molecule has 21 heavy (non-hydrogen) atoms. The standard InChI is InChI=1S/C18H20ClNO/c1-13-6-7-14(16(19)10-13)11-18(12-20)8-9-21-17-5-3-2-4-15(17)18/h2-7,10H,8-9,11-12,20H2,1H3. The number of fused-ring (bicyclic) bond motifs is 1. The molecule has 110 valence electrons. The molecule has 0 amide bonds. The first-order valence-corrected chi connectivity index (χ1v) is 7.70. The first-order chi connectivity index (χ1) is 10.1. The molecule has 0 aromatic heterocycles. The molecular weight excluding hydrogens is 282 g/mol. The highest BCUT2D eigenvalue weighted by Gasteiger charge is 2.37. The second kappa shape index (κ2) is 5.70. The molecule has 0 aliphatic carbocycles. The average molecular weight is 302 g/mol. The van der Waals surface area contributed by atoms with Gasteiger partial charge < -0.3 is 10.5 Å². The van der Waals surface area contributed by atoms with Gasteiger partial charge in [-0.05, 0) is 43.0 Å². The molecule has 2 aromatic rings. The SMILES string of the molecule is Cc1ccc(CC2(CN)CCOc3ccccc32)c(Cl)c1. The lowest BCUT2D eigenvalue weighted by atomic mass is 9.72. The molecule has 0 saturated heterocycles. The van der Waals surface area contributed by atoms with Crippen LogP contribution in [0.25, 0.3) is 0 Å².